The third kappa shape index (κ3) is 5.32. The summed E-state index contributed by atoms with van der Waals surface area (Å²) in [7, 11) is -0.724. The molecule has 0 aliphatic carbocycles. The lowest BCUT2D eigenvalue weighted by Crippen LogP contribution is -2.52. The van der Waals surface area contributed by atoms with Gasteiger partial charge in [-0.15, -0.1) is 0 Å². The van der Waals surface area contributed by atoms with Crippen molar-refractivity contribution in [1.82, 2.24) is 9.62 Å². The van der Waals surface area contributed by atoms with Crippen molar-refractivity contribution in [1.29, 1.82) is 0 Å². The van der Waals surface area contributed by atoms with Crippen molar-refractivity contribution in [2.24, 2.45) is 0 Å². The number of benzene rings is 1. The number of piperidine rings is 2. The molecule has 35 heavy (non-hydrogen) atoms. The van der Waals surface area contributed by atoms with Crippen molar-refractivity contribution >= 4 is 25.1 Å². The Labute approximate surface area is 207 Å². The van der Waals surface area contributed by atoms with Gasteiger partial charge in [0.15, 0.2) is 0 Å². The fourth-order valence-electron chi connectivity index (χ4n) is 6.97. The van der Waals surface area contributed by atoms with Crippen molar-refractivity contribution < 1.29 is 24.3 Å². The zero-order chi connectivity index (χ0) is 24.7. The quantitative estimate of drug-likeness (QED) is 0.451. The number of hydrogen-bond acceptors (Lipinski definition) is 8. The summed E-state index contributed by atoms with van der Waals surface area (Å²) in [6.45, 7) is 3.67. The summed E-state index contributed by atoms with van der Waals surface area (Å²) in [5, 5.41) is 29.8. The first-order valence-electron chi connectivity index (χ1n) is 13.1. The molecule has 4 unspecified atom stereocenters. The molecule has 6 rings (SSSR count). The van der Waals surface area contributed by atoms with Gasteiger partial charge in [0.25, 0.3) is 0 Å². The maximum atomic E-state index is 11.3. The molecule has 2 aromatic rings. The smallest absolute Gasteiger partial charge is 0.376 e. The second kappa shape index (κ2) is 10.3. The molecular formula is C25H36B2N2O6. The second-order valence-electron chi connectivity index (χ2n) is 10.7. The van der Waals surface area contributed by atoms with E-state index in [2.05, 4.69) is 9.62 Å². The Morgan fingerprint density at radius 3 is 1.91 bits per heavy atom. The number of nitrogens with zero attached hydrogens (tertiary/aromatic N) is 2. The normalized spacial score (nSPS) is 32.3. The average molecular weight is 482 g/mol. The van der Waals surface area contributed by atoms with Gasteiger partial charge in [0.05, 0.1) is 6.10 Å². The topological polar surface area (TPSA) is 107 Å². The Morgan fingerprint density at radius 2 is 1.37 bits per heavy atom. The average Bonchev–Trinajstić information content (AvgIpc) is 3.24. The van der Waals surface area contributed by atoms with Crippen molar-refractivity contribution in [3.05, 3.63) is 40.8 Å². The Balaban J connectivity index is 0.000000178. The monoisotopic (exact) mass is 482 g/mol. The second-order valence-corrected chi connectivity index (χ2v) is 10.7. The SMILES string of the molecule is CB(O)N1C2CC[C@@H]1CC(O)C2.CB(O)N1C2CC[C@@H]1CC(Oc1ccc3ccc(=O)oc3c1)C2. The van der Waals surface area contributed by atoms with Crippen LogP contribution in [-0.2, 0) is 0 Å². The summed E-state index contributed by atoms with van der Waals surface area (Å²) < 4.78 is 11.4. The molecule has 1 aromatic heterocycles. The molecule has 4 bridgehead atoms. The van der Waals surface area contributed by atoms with E-state index in [1.807, 2.05) is 25.8 Å². The zero-order valence-electron chi connectivity index (χ0n) is 20.6. The third-order valence-corrected chi connectivity index (χ3v) is 8.27. The van der Waals surface area contributed by atoms with E-state index in [-0.39, 0.29) is 31.9 Å². The van der Waals surface area contributed by atoms with Gasteiger partial charge >= 0.3 is 19.7 Å². The summed E-state index contributed by atoms with van der Waals surface area (Å²) >= 11 is 0. The molecule has 1 aromatic carbocycles. The van der Waals surface area contributed by atoms with Crippen LogP contribution >= 0.6 is 0 Å². The van der Waals surface area contributed by atoms with E-state index in [0.717, 1.165) is 62.5 Å². The largest absolute Gasteiger partial charge is 0.490 e. The lowest BCUT2D eigenvalue weighted by molar-refractivity contribution is 0.0687. The van der Waals surface area contributed by atoms with Gasteiger partial charge in [0.2, 0.25) is 0 Å². The molecule has 4 fully saturated rings. The van der Waals surface area contributed by atoms with Crippen molar-refractivity contribution in [2.45, 2.75) is 101 Å². The molecule has 4 saturated heterocycles. The number of rotatable bonds is 4. The highest BCUT2D eigenvalue weighted by molar-refractivity contribution is 6.45. The van der Waals surface area contributed by atoms with E-state index in [9.17, 15) is 19.9 Å². The molecule has 3 N–H and O–H groups in total. The van der Waals surface area contributed by atoms with Gasteiger partial charge in [-0.3, -0.25) is 0 Å². The lowest BCUT2D eigenvalue weighted by atomic mass is 9.79. The summed E-state index contributed by atoms with van der Waals surface area (Å²) in [5.74, 6) is 0.738. The minimum Gasteiger partial charge on any atom is -0.490 e. The molecule has 0 saturated carbocycles. The molecule has 188 valence electrons. The van der Waals surface area contributed by atoms with E-state index in [1.54, 1.807) is 12.1 Å². The van der Waals surface area contributed by atoms with E-state index in [1.165, 1.54) is 6.07 Å². The van der Waals surface area contributed by atoms with Crippen LogP contribution in [0.5, 0.6) is 5.75 Å². The van der Waals surface area contributed by atoms with Crippen molar-refractivity contribution in [3.8, 4) is 5.75 Å². The molecular weight excluding hydrogens is 446 g/mol. The summed E-state index contributed by atoms with van der Waals surface area (Å²) in [6.07, 6.45) is 8.12. The fraction of sp³-hybridized carbons (Fsp3) is 0.640. The number of ether oxygens (including phenoxy) is 1. The first-order chi connectivity index (χ1) is 16.8. The number of fused-ring (bicyclic) bond motifs is 5. The van der Waals surface area contributed by atoms with Gasteiger partial charge in [-0.2, -0.15) is 0 Å². The molecule has 4 aliphatic rings. The predicted molar refractivity (Wildman–Crippen MR) is 136 cm³/mol. The van der Waals surface area contributed by atoms with Crippen LogP contribution in [0, 0.1) is 0 Å². The van der Waals surface area contributed by atoms with E-state index in [0.29, 0.717) is 29.8 Å². The Kier molecular flexibility index (Phi) is 7.28. The molecule has 0 spiro atoms. The molecule has 8 nitrogen and oxygen atoms in total. The molecule has 5 heterocycles. The number of aliphatic hydroxyl groups excluding tert-OH is 1. The maximum absolute atomic E-state index is 11.3. The van der Waals surface area contributed by atoms with Gasteiger partial charge in [-0.05, 0) is 83.2 Å². The van der Waals surface area contributed by atoms with E-state index < -0.39 is 0 Å². The highest BCUT2D eigenvalue weighted by Crippen LogP contribution is 2.38. The van der Waals surface area contributed by atoms with Crippen LogP contribution < -0.4 is 10.4 Å². The molecule has 10 heteroatoms. The first kappa shape index (κ1) is 24.8. The van der Waals surface area contributed by atoms with Crippen LogP contribution in [0.3, 0.4) is 0 Å². The van der Waals surface area contributed by atoms with E-state index in [4.69, 9.17) is 9.15 Å². The lowest BCUT2D eigenvalue weighted by Gasteiger charge is -2.39. The number of hydrogen-bond donors (Lipinski definition) is 3. The highest BCUT2D eigenvalue weighted by Gasteiger charge is 2.44. The Morgan fingerprint density at radius 1 is 0.857 bits per heavy atom. The van der Waals surface area contributed by atoms with Gasteiger partial charge in [-0.25, -0.2) is 4.79 Å². The fourth-order valence-corrected chi connectivity index (χ4v) is 6.97. The first-order valence-corrected chi connectivity index (χ1v) is 13.1. The Hall–Kier alpha value is -1.84. The molecule has 4 aliphatic heterocycles. The number of aliphatic hydroxyl groups is 1. The van der Waals surface area contributed by atoms with Crippen LogP contribution in [-0.4, -0.2) is 75.3 Å². The minimum absolute atomic E-state index is 0.127. The minimum atomic E-state index is -0.386. The zero-order valence-corrected chi connectivity index (χ0v) is 20.6. The predicted octanol–water partition coefficient (Wildman–Crippen LogP) is 2.36. The molecule has 0 amide bonds. The molecule has 6 atom stereocenters. The maximum Gasteiger partial charge on any atom is 0.376 e. The van der Waals surface area contributed by atoms with Crippen LogP contribution in [0.1, 0.15) is 51.4 Å². The van der Waals surface area contributed by atoms with Crippen LogP contribution in [0.2, 0.25) is 13.6 Å². The van der Waals surface area contributed by atoms with Gasteiger partial charge in [-0.1, -0.05) is 0 Å². The standard InChI is InChI=1S/C17H20BNO4.C8H16BNO2/c1-18(21)19-12-4-5-13(19)9-15(8-12)22-14-6-2-11-3-7-17(20)23-16(11)10-14;1-9(12)10-6-2-3-7(10)5-8(11)4-6/h2-3,6-7,10,12-13,15,21H,4-5,8-9H2,1H3;6-8,11-12H,2-5H2,1H3/t12-,13?,15?;6-,7?,8?/m11/s1. The third-order valence-electron chi connectivity index (χ3n) is 8.27. The van der Waals surface area contributed by atoms with Crippen molar-refractivity contribution in [2.75, 3.05) is 0 Å². The molecule has 0 radical (unpaired) electrons. The van der Waals surface area contributed by atoms with E-state index >= 15 is 0 Å². The summed E-state index contributed by atoms with van der Waals surface area (Å²) in [6, 6.07) is 10.5. The van der Waals surface area contributed by atoms with Gasteiger partial charge in [0, 0.05) is 41.7 Å². The van der Waals surface area contributed by atoms with Crippen LogP contribution in [0.25, 0.3) is 11.0 Å². The van der Waals surface area contributed by atoms with Crippen LogP contribution in [0.4, 0.5) is 0 Å². The van der Waals surface area contributed by atoms with Gasteiger partial charge < -0.3 is 33.9 Å². The van der Waals surface area contributed by atoms with Crippen LogP contribution in [0.15, 0.2) is 39.5 Å². The van der Waals surface area contributed by atoms with Crippen molar-refractivity contribution in [3.63, 3.8) is 0 Å². The summed E-state index contributed by atoms with van der Waals surface area (Å²) in [5.41, 5.74) is 0.206. The van der Waals surface area contributed by atoms with Gasteiger partial charge in [0.1, 0.15) is 17.4 Å². The summed E-state index contributed by atoms with van der Waals surface area (Å²) in [4.78, 5) is 15.7. The highest BCUT2D eigenvalue weighted by atomic mass is 16.5. The Bertz CT molecular complexity index is 1050.